The third-order valence-electron chi connectivity index (χ3n) is 4.74. The van der Waals surface area contributed by atoms with Gasteiger partial charge in [0.25, 0.3) is 0 Å². The summed E-state index contributed by atoms with van der Waals surface area (Å²) in [6, 6.07) is 0.296. The van der Waals surface area contributed by atoms with E-state index in [1.54, 1.807) is 0 Å². The molecule has 2 atom stereocenters. The molecule has 2 saturated heterocycles. The number of nitrogens with zero attached hydrogens (tertiary/aromatic N) is 2. The van der Waals surface area contributed by atoms with Gasteiger partial charge in [0.2, 0.25) is 0 Å². The summed E-state index contributed by atoms with van der Waals surface area (Å²) >= 11 is 0. The molecule has 0 aromatic rings. The third-order valence-corrected chi connectivity index (χ3v) is 4.74. The molecule has 2 amide bonds. The van der Waals surface area contributed by atoms with Gasteiger partial charge < -0.3 is 15.0 Å². The first-order valence-corrected chi connectivity index (χ1v) is 7.75. The van der Waals surface area contributed by atoms with E-state index >= 15 is 0 Å². The summed E-state index contributed by atoms with van der Waals surface area (Å²) in [6.45, 7) is 3.55. The fourth-order valence-electron chi connectivity index (χ4n) is 3.44. The highest BCUT2D eigenvalue weighted by Gasteiger charge is 2.35. The quantitative estimate of drug-likeness (QED) is 0.823. The van der Waals surface area contributed by atoms with Gasteiger partial charge in [-0.15, -0.1) is 0 Å². The van der Waals surface area contributed by atoms with Crippen molar-refractivity contribution in [2.24, 2.45) is 0 Å². The number of halogens is 1. The average Bonchev–Trinajstić information content (AvgIpc) is 3.10. The molecule has 6 heteroatoms. The van der Waals surface area contributed by atoms with E-state index in [1.807, 2.05) is 4.90 Å². The van der Waals surface area contributed by atoms with E-state index in [0.29, 0.717) is 25.7 Å². The fourth-order valence-corrected chi connectivity index (χ4v) is 3.44. The molecule has 0 radical (unpaired) electrons. The Labute approximate surface area is 119 Å². The standard InChI is InChI=1S/C14H24FN3O2/c15-12-9-20-10-13(12)17-5-7-18(8-6-17)14(19)16-11-3-1-2-4-11/h11-13H,1-10H2,(H,16,19)/t12-,13-/m1/s1. The minimum atomic E-state index is -0.881. The molecule has 0 aromatic heterocycles. The molecule has 1 N–H and O–H groups in total. The molecule has 0 spiro atoms. The van der Waals surface area contributed by atoms with E-state index in [9.17, 15) is 9.18 Å². The normalized spacial score (nSPS) is 32.8. The van der Waals surface area contributed by atoms with Crippen molar-refractivity contribution in [2.75, 3.05) is 39.4 Å². The van der Waals surface area contributed by atoms with Gasteiger partial charge in [0.05, 0.1) is 19.3 Å². The van der Waals surface area contributed by atoms with Crippen molar-refractivity contribution in [3.63, 3.8) is 0 Å². The van der Waals surface area contributed by atoms with Gasteiger partial charge in [-0.25, -0.2) is 9.18 Å². The summed E-state index contributed by atoms with van der Waals surface area (Å²) in [5.74, 6) is 0. The van der Waals surface area contributed by atoms with Crippen LogP contribution in [0.15, 0.2) is 0 Å². The first-order chi connectivity index (χ1) is 9.74. The van der Waals surface area contributed by atoms with Crippen LogP contribution in [0.2, 0.25) is 0 Å². The van der Waals surface area contributed by atoms with Crippen LogP contribution in [0.5, 0.6) is 0 Å². The zero-order valence-corrected chi connectivity index (χ0v) is 11.9. The smallest absolute Gasteiger partial charge is 0.317 e. The van der Waals surface area contributed by atoms with Crippen molar-refractivity contribution >= 4 is 6.03 Å². The van der Waals surface area contributed by atoms with Crippen LogP contribution in [0.25, 0.3) is 0 Å². The van der Waals surface area contributed by atoms with Gasteiger partial charge >= 0.3 is 6.03 Å². The summed E-state index contributed by atoms with van der Waals surface area (Å²) in [5, 5.41) is 3.11. The molecular formula is C14H24FN3O2. The maximum absolute atomic E-state index is 13.6. The Morgan fingerprint density at radius 2 is 1.80 bits per heavy atom. The molecule has 114 valence electrons. The van der Waals surface area contributed by atoms with Crippen molar-refractivity contribution in [1.29, 1.82) is 0 Å². The second kappa shape index (κ2) is 6.26. The van der Waals surface area contributed by atoms with E-state index < -0.39 is 6.17 Å². The second-order valence-corrected chi connectivity index (χ2v) is 6.07. The number of ether oxygens (including phenoxy) is 1. The lowest BCUT2D eigenvalue weighted by molar-refractivity contribution is 0.0804. The Morgan fingerprint density at radius 1 is 1.10 bits per heavy atom. The molecular weight excluding hydrogens is 261 g/mol. The maximum atomic E-state index is 13.6. The average molecular weight is 285 g/mol. The van der Waals surface area contributed by atoms with E-state index in [4.69, 9.17) is 4.74 Å². The Balaban J connectivity index is 1.44. The maximum Gasteiger partial charge on any atom is 0.317 e. The van der Waals surface area contributed by atoms with Gasteiger partial charge in [-0.3, -0.25) is 4.90 Å². The Hall–Kier alpha value is -0.880. The van der Waals surface area contributed by atoms with Gasteiger partial charge in [-0.1, -0.05) is 12.8 Å². The lowest BCUT2D eigenvalue weighted by Gasteiger charge is -2.38. The summed E-state index contributed by atoms with van der Waals surface area (Å²) < 4.78 is 18.8. The molecule has 2 aliphatic heterocycles. The predicted molar refractivity (Wildman–Crippen MR) is 73.4 cm³/mol. The van der Waals surface area contributed by atoms with E-state index in [0.717, 1.165) is 25.9 Å². The highest BCUT2D eigenvalue weighted by atomic mass is 19.1. The molecule has 0 aromatic carbocycles. The van der Waals surface area contributed by atoms with Gasteiger partial charge in [-0.2, -0.15) is 0 Å². The Kier molecular flexibility index (Phi) is 4.41. The highest BCUT2D eigenvalue weighted by Crippen LogP contribution is 2.20. The zero-order chi connectivity index (χ0) is 13.9. The predicted octanol–water partition coefficient (Wildman–Crippen LogP) is 0.993. The van der Waals surface area contributed by atoms with Crippen LogP contribution >= 0.6 is 0 Å². The molecule has 5 nitrogen and oxygen atoms in total. The number of urea groups is 1. The monoisotopic (exact) mass is 285 g/mol. The van der Waals surface area contributed by atoms with Crippen molar-refractivity contribution in [3.05, 3.63) is 0 Å². The highest BCUT2D eigenvalue weighted by molar-refractivity contribution is 5.74. The number of carbonyl (C=O) groups is 1. The minimum Gasteiger partial charge on any atom is -0.377 e. The summed E-state index contributed by atoms with van der Waals surface area (Å²) in [7, 11) is 0. The van der Waals surface area contributed by atoms with Crippen LogP contribution in [0.1, 0.15) is 25.7 Å². The summed E-state index contributed by atoms with van der Waals surface area (Å²) in [5.41, 5.74) is 0. The number of piperazine rings is 1. The first kappa shape index (κ1) is 14.1. The largest absolute Gasteiger partial charge is 0.377 e. The fraction of sp³-hybridized carbons (Fsp3) is 0.929. The number of hydrogen-bond donors (Lipinski definition) is 1. The van der Waals surface area contributed by atoms with Crippen LogP contribution in [0, 0.1) is 0 Å². The van der Waals surface area contributed by atoms with E-state index in [1.165, 1.54) is 12.8 Å². The van der Waals surface area contributed by atoms with Crippen LogP contribution in [0.4, 0.5) is 9.18 Å². The molecule has 0 unspecified atom stereocenters. The lowest BCUT2D eigenvalue weighted by Crippen LogP contribution is -2.56. The summed E-state index contributed by atoms with van der Waals surface area (Å²) in [6.07, 6.45) is 3.77. The molecule has 1 saturated carbocycles. The molecule has 20 heavy (non-hydrogen) atoms. The third kappa shape index (κ3) is 3.06. The number of carbonyl (C=O) groups excluding carboxylic acids is 1. The Bertz CT molecular complexity index is 341. The van der Waals surface area contributed by atoms with Crippen LogP contribution < -0.4 is 5.32 Å². The minimum absolute atomic E-state index is 0.0519. The topological polar surface area (TPSA) is 44.8 Å². The SMILES string of the molecule is O=C(NC1CCCC1)N1CCN([C@@H]2COC[C@H]2F)CC1. The van der Waals surface area contributed by atoms with Crippen LogP contribution in [-0.4, -0.2) is 73.5 Å². The molecule has 2 heterocycles. The second-order valence-electron chi connectivity index (χ2n) is 6.07. The molecule has 3 rings (SSSR count). The van der Waals surface area contributed by atoms with Crippen molar-refractivity contribution < 1.29 is 13.9 Å². The lowest BCUT2D eigenvalue weighted by atomic mass is 10.1. The number of amides is 2. The van der Waals surface area contributed by atoms with Crippen molar-refractivity contribution in [3.8, 4) is 0 Å². The molecule has 3 aliphatic rings. The van der Waals surface area contributed by atoms with Crippen LogP contribution in [-0.2, 0) is 4.74 Å². The van der Waals surface area contributed by atoms with Gasteiger partial charge in [-0.05, 0) is 12.8 Å². The Morgan fingerprint density at radius 3 is 2.40 bits per heavy atom. The number of rotatable bonds is 2. The van der Waals surface area contributed by atoms with Gasteiger partial charge in [0, 0.05) is 32.2 Å². The molecule has 1 aliphatic carbocycles. The van der Waals surface area contributed by atoms with Crippen molar-refractivity contribution in [2.45, 2.75) is 43.9 Å². The number of hydrogen-bond acceptors (Lipinski definition) is 3. The van der Waals surface area contributed by atoms with Crippen molar-refractivity contribution in [1.82, 2.24) is 15.1 Å². The van der Waals surface area contributed by atoms with Gasteiger partial charge in [0.1, 0.15) is 6.17 Å². The number of alkyl halides is 1. The van der Waals surface area contributed by atoms with E-state index in [2.05, 4.69) is 10.2 Å². The zero-order valence-electron chi connectivity index (χ0n) is 11.9. The van der Waals surface area contributed by atoms with Crippen LogP contribution in [0.3, 0.4) is 0 Å². The van der Waals surface area contributed by atoms with E-state index in [-0.39, 0.29) is 18.7 Å². The van der Waals surface area contributed by atoms with Gasteiger partial charge in [0.15, 0.2) is 0 Å². The molecule has 0 bridgehead atoms. The number of nitrogens with one attached hydrogen (secondary N) is 1. The first-order valence-electron chi connectivity index (χ1n) is 7.75. The summed E-state index contributed by atoms with van der Waals surface area (Å²) in [4.78, 5) is 16.1. The molecule has 3 fully saturated rings.